The SMILES string of the molecule is C=C(C)C.C=C(C)C.C=C(C)C.[Sb+3].c1ccccc1. The van der Waals surface area contributed by atoms with Crippen LogP contribution < -0.4 is 0 Å². The smallest absolute Gasteiger partial charge is 0.100 e. The third-order valence-corrected chi connectivity index (χ3v) is 0.667. The maximum absolute atomic E-state index is 3.56. The van der Waals surface area contributed by atoms with Crippen LogP contribution in [0.25, 0.3) is 0 Å². The summed E-state index contributed by atoms with van der Waals surface area (Å²) in [6, 6.07) is 12.0. The van der Waals surface area contributed by atoms with E-state index >= 15 is 0 Å². The molecule has 0 aliphatic heterocycles. The van der Waals surface area contributed by atoms with E-state index in [2.05, 4.69) is 19.7 Å². The fourth-order valence-corrected chi connectivity index (χ4v) is 0.385. The van der Waals surface area contributed by atoms with Gasteiger partial charge in [0.25, 0.3) is 0 Å². The molecule has 0 saturated carbocycles. The molecule has 0 aliphatic carbocycles. The fraction of sp³-hybridized carbons (Fsp3) is 0.333. The number of rotatable bonds is 0. The van der Waals surface area contributed by atoms with E-state index in [0.29, 0.717) is 0 Å². The van der Waals surface area contributed by atoms with Crippen molar-refractivity contribution in [3.05, 3.63) is 72.9 Å². The Balaban J connectivity index is -0.0000000796. The van der Waals surface area contributed by atoms with Crippen LogP contribution in [0.4, 0.5) is 0 Å². The molecule has 0 saturated heterocycles. The van der Waals surface area contributed by atoms with Crippen molar-refractivity contribution in [3.63, 3.8) is 0 Å². The number of allylic oxidation sites excluding steroid dienone is 3. The van der Waals surface area contributed by atoms with Crippen molar-refractivity contribution < 1.29 is 0 Å². The Morgan fingerprint density at radius 3 is 0.579 bits per heavy atom. The monoisotopic (exact) mass is 367 g/mol. The normalized spacial score (nSPS) is 6.63. The van der Waals surface area contributed by atoms with Gasteiger partial charge in [0.15, 0.2) is 0 Å². The van der Waals surface area contributed by atoms with Crippen molar-refractivity contribution in [1.29, 1.82) is 0 Å². The van der Waals surface area contributed by atoms with E-state index in [4.69, 9.17) is 0 Å². The van der Waals surface area contributed by atoms with Crippen molar-refractivity contribution in [3.8, 4) is 0 Å². The molecule has 0 heterocycles. The molecule has 0 nitrogen and oxygen atoms in total. The standard InChI is InChI=1S/C6H6.3C4H8.Sb/c1-2-4-6-5-3-1;3*1-4(2)3;/h1-6H;3*1H2,2-3H3;/q;;;;+3. The fourth-order valence-electron chi connectivity index (χ4n) is 0.385. The van der Waals surface area contributed by atoms with Gasteiger partial charge in [0.05, 0.1) is 0 Å². The third-order valence-electron chi connectivity index (χ3n) is 0.667. The molecule has 0 aromatic heterocycles. The molecule has 1 aromatic carbocycles. The summed E-state index contributed by atoms with van der Waals surface area (Å²) >= 11 is 0. The number of benzene rings is 1. The molecule has 1 rings (SSSR count). The van der Waals surface area contributed by atoms with Crippen LogP contribution in [0.5, 0.6) is 0 Å². The first-order chi connectivity index (χ1) is 8.20. The van der Waals surface area contributed by atoms with Gasteiger partial charge in [-0.2, -0.15) is 0 Å². The van der Waals surface area contributed by atoms with Gasteiger partial charge in [-0.1, -0.05) is 53.1 Å². The van der Waals surface area contributed by atoms with Gasteiger partial charge < -0.3 is 0 Å². The van der Waals surface area contributed by atoms with Gasteiger partial charge in [-0.25, -0.2) is 0 Å². The number of hydrogen-bond acceptors (Lipinski definition) is 0. The van der Waals surface area contributed by atoms with Crippen molar-refractivity contribution in [2.45, 2.75) is 41.5 Å². The Kier molecular flexibility index (Phi) is 31.6. The van der Waals surface area contributed by atoms with Gasteiger partial charge in [-0.05, 0) is 41.5 Å². The van der Waals surface area contributed by atoms with Crippen LogP contribution in [0.15, 0.2) is 72.9 Å². The molecule has 0 N–H and O–H groups in total. The van der Waals surface area contributed by atoms with Crippen LogP contribution in [0.2, 0.25) is 0 Å². The Morgan fingerprint density at radius 2 is 0.526 bits per heavy atom. The van der Waals surface area contributed by atoms with E-state index in [1.54, 1.807) is 0 Å². The van der Waals surface area contributed by atoms with Gasteiger partial charge in [0.1, 0.15) is 0 Å². The predicted octanol–water partition coefficient (Wildman–Crippen LogP) is 6.05. The van der Waals surface area contributed by atoms with Crippen LogP contribution in [-0.4, -0.2) is 24.4 Å². The summed E-state index contributed by atoms with van der Waals surface area (Å²) in [5, 5.41) is 0. The third kappa shape index (κ3) is 145. The minimum Gasteiger partial charge on any atom is -0.100 e. The number of hydrogen-bond donors (Lipinski definition) is 0. The molecule has 19 heavy (non-hydrogen) atoms. The van der Waals surface area contributed by atoms with Crippen molar-refractivity contribution >= 4 is 24.4 Å². The van der Waals surface area contributed by atoms with E-state index in [1.165, 1.54) is 16.7 Å². The minimum atomic E-state index is 0. The first-order valence-corrected chi connectivity index (χ1v) is 6.06. The molecule has 0 fully saturated rings. The molecule has 1 aromatic rings. The summed E-state index contributed by atoms with van der Waals surface area (Å²) in [5.74, 6) is 0. The molecule has 0 unspecified atom stereocenters. The van der Waals surface area contributed by atoms with Crippen molar-refractivity contribution in [1.82, 2.24) is 0 Å². The van der Waals surface area contributed by atoms with Crippen LogP contribution in [0, 0.1) is 0 Å². The summed E-state index contributed by atoms with van der Waals surface area (Å²) in [4.78, 5) is 0. The summed E-state index contributed by atoms with van der Waals surface area (Å²) in [7, 11) is 0. The first kappa shape index (κ1) is 26.7. The molecular formula is C18H30Sb+3. The average molecular weight is 368 g/mol. The molecule has 0 amide bonds. The molecule has 1 heteroatoms. The van der Waals surface area contributed by atoms with Gasteiger partial charge >= 0.3 is 24.4 Å². The Morgan fingerprint density at radius 1 is 0.474 bits per heavy atom. The van der Waals surface area contributed by atoms with Gasteiger partial charge in [0, 0.05) is 0 Å². The summed E-state index contributed by atoms with van der Waals surface area (Å²) < 4.78 is 0. The summed E-state index contributed by atoms with van der Waals surface area (Å²) in [5.41, 5.74) is 3.50. The zero-order valence-electron chi connectivity index (χ0n) is 13.5. The molecule has 2 radical (unpaired) electrons. The Bertz CT molecular complexity index is 242. The topological polar surface area (TPSA) is 0 Å². The zero-order valence-corrected chi connectivity index (χ0v) is 16.1. The average Bonchev–Trinajstić information content (AvgIpc) is 2.17. The largest absolute Gasteiger partial charge is 3.00 e. The molecular weight excluding hydrogens is 338 g/mol. The second kappa shape index (κ2) is 22.4. The van der Waals surface area contributed by atoms with Crippen LogP contribution in [-0.2, 0) is 0 Å². The van der Waals surface area contributed by atoms with Gasteiger partial charge in [-0.15, -0.1) is 19.7 Å². The van der Waals surface area contributed by atoms with Crippen LogP contribution >= 0.6 is 0 Å². The molecule has 104 valence electrons. The van der Waals surface area contributed by atoms with Gasteiger partial charge in [-0.3, -0.25) is 0 Å². The Hall–Kier alpha value is -0.742. The van der Waals surface area contributed by atoms with Crippen LogP contribution in [0.3, 0.4) is 0 Å². The van der Waals surface area contributed by atoms with Crippen LogP contribution in [0.1, 0.15) is 41.5 Å². The molecule has 0 bridgehead atoms. The maximum Gasteiger partial charge on any atom is 3.00 e. The van der Waals surface area contributed by atoms with E-state index in [9.17, 15) is 0 Å². The summed E-state index contributed by atoms with van der Waals surface area (Å²) in [6.45, 7) is 22.5. The second-order valence-electron chi connectivity index (χ2n) is 4.78. The van der Waals surface area contributed by atoms with E-state index in [0.717, 1.165) is 0 Å². The summed E-state index contributed by atoms with van der Waals surface area (Å²) in [6.07, 6.45) is 0. The molecule has 0 atom stereocenters. The minimum absolute atomic E-state index is 0. The second-order valence-corrected chi connectivity index (χ2v) is 4.78. The Labute approximate surface area is 138 Å². The molecule has 0 aliphatic rings. The van der Waals surface area contributed by atoms with Gasteiger partial charge in [0.2, 0.25) is 0 Å². The quantitative estimate of drug-likeness (QED) is 0.386. The predicted molar refractivity (Wildman–Crippen MR) is 93.7 cm³/mol. The maximum atomic E-state index is 3.56. The van der Waals surface area contributed by atoms with Crippen molar-refractivity contribution in [2.75, 3.05) is 0 Å². The van der Waals surface area contributed by atoms with E-state index in [-0.39, 0.29) is 24.4 Å². The van der Waals surface area contributed by atoms with Crippen molar-refractivity contribution in [2.24, 2.45) is 0 Å². The van der Waals surface area contributed by atoms with E-state index in [1.807, 2.05) is 77.9 Å². The first-order valence-electron chi connectivity index (χ1n) is 6.06. The van der Waals surface area contributed by atoms with E-state index < -0.39 is 0 Å². The zero-order chi connectivity index (χ0) is 15.0. The molecule has 0 spiro atoms.